The van der Waals surface area contributed by atoms with Crippen molar-refractivity contribution in [3.63, 3.8) is 0 Å². The fourth-order valence-electron chi connectivity index (χ4n) is 7.11. The number of hydrogen-bond donors (Lipinski definition) is 11. The van der Waals surface area contributed by atoms with E-state index in [0.717, 1.165) is 32.5 Å². The molecule has 3 aromatic carbocycles. The summed E-state index contributed by atoms with van der Waals surface area (Å²) in [6, 6.07) is 15.8. The Labute approximate surface area is 384 Å². The van der Waals surface area contributed by atoms with Crippen molar-refractivity contribution in [3.8, 4) is 0 Å². The van der Waals surface area contributed by atoms with Gasteiger partial charge in [0.15, 0.2) is 0 Å². The minimum absolute atomic E-state index is 0.0104. The quantitative estimate of drug-likeness (QED) is 0.0680. The number of H-pyrrole nitrogens is 1. The molecule has 65 heavy (non-hydrogen) atoms. The van der Waals surface area contributed by atoms with Gasteiger partial charge in [-0.15, -0.1) is 0 Å². The molecule has 0 saturated carbocycles. The lowest BCUT2D eigenvalue weighted by Crippen LogP contribution is -2.61. The van der Waals surface area contributed by atoms with Crippen LogP contribution in [0.25, 0.3) is 10.9 Å². The van der Waals surface area contributed by atoms with Crippen LogP contribution >= 0.6 is 21.6 Å². The molecule has 8 unspecified atom stereocenters. The van der Waals surface area contributed by atoms with Crippen molar-refractivity contribution in [2.75, 3.05) is 18.1 Å². The van der Waals surface area contributed by atoms with Crippen molar-refractivity contribution in [1.29, 1.82) is 0 Å². The van der Waals surface area contributed by atoms with Gasteiger partial charge in [-0.1, -0.05) is 100 Å². The fraction of sp³-hybridized carbons (Fsp3) is 0.400. The number of amides is 6. The van der Waals surface area contributed by atoms with Gasteiger partial charge in [-0.25, -0.2) is 4.79 Å². The number of hydrogen-bond acceptors (Lipinski definition) is 12. The van der Waals surface area contributed by atoms with Crippen LogP contribution in [-0.4, -0.2) is 123 Å². The third-order valence-electron chi connectivity index (χ3n) is 10.7. The number of fused-ring (bicyclic) bond motifs is 1. The van der Waals surface area contributed by atoms with Gasteiger partial charge in [0.2, 0.25) is 35.4 Å². The number of carbonyl (C=O) groups excluding carboxylic acids is 6. The van der Waals surface area contributed by atoms with E-state index >= 15 is 0 Å². The molecule has 1 aliphatic rings. The number of nitrogens with two attached hydrogens (primary N) is 2. The number of rotatable bonds is 12. The van der Waals surface area contributed by atoms with E-state index in [2.05, 4.69) is 36.9 Å². The number of carboxylic acids is 1. The molecule has 8 atom stereocenters. The average molecular weight is 932 g/mol. The summed E-state index contributed by atoms with van der Waals surface area (Å²) >= 11 is 0. The number of para-hydroxylation sites is 1. The van der Waals surface area contributed by atoms with Crippen molar-refractivity contribution >= 4 is 73.9 Å². The summed E-state index contributed by atoms with van der Waals surface area (Å²) in [5, 5.41) is 37.4. The topological polar surface area (TPSA) is 300 Å². The van der Waals surface area contributed by atoms with Crippen LogP contribution in [0.3, 0.4) is 0 Å². The van der Waals surface area contributed by atoms with Crippen molar-refractivity contribution in [3.05, 3.63) is 108 Å². The summed E-state index contributed by atoms with van der Waals surface area (Å²) in [7, 11) is 2.07. The molecule has 5 rings (SSSR count). The Kier molecular flexibility index (Phi) is 19.2. The molecule has 0 radical (unpaired) electrons. The molecule has 6 amide bonds. The summed E-state index contributed by atoms with van der Waals surface area (Å²) < 4.78 is 0. The normalized spacial score (nSPS) is 24.1. The molecule has 1 aromatic heterocycles. The third-order valence-corrected chi connectivity index (χ3v) is 13.2. The van der Waals surface area contributed by atoms with Crippen LogP contribution in [0.5, 0.6) is 0 Å². The molecule has 0 aliphatic carbocycles. The van der Waals surface area contributed by atoms with E-state index in [-0.39, 0.29) is 43.7 Å². The number of aromatic nitrogens is 1. The van der Waals surface area contributed by atoms with Gasteiger partial charge in [0.1, 0.15) is 36.3 Å². The van der Waals surface area contributed by atoms with Crippen molar-refractivity contribution in [1.82, 2.24) is 36.9 Å². The molecule has 1 aliphatic heterocycles. The van der Waals surface area contributed by atoms with Crippen molar-refractivity contribution in [2.45, 2.75) is 93.8 Å². The molecular weight excluding hydrogens is 875 g/mol. The number of carbonyl (C=O) groups is 7. The van der Waals surface area contributed by atoms with Crippen LogP contribution in [-0.2, 0) is 52.8 Å². The highest BCUT2D eigenvalue weighted by molar-refractivity contribution is 8.76. The Morgan fingerprint density at radius 1 is 0.646 bits per heavy atom. The smallest absolute Gasteiger partial charge is 0.327 e. The van der Waals surface area contributed by atoms with Gasteiger partial charge in [-0.3, -0.25) is 28.8 Å². The number of nitrogens with one attached hydrogen (secondary N) is 7. The number of benzene rings is 3. The maximum absolute atomic E-state index is 14.6. The van der Waals surface area contributed by atoms with Gasteiger partial charge < -0.3 is 58.6 Å². The average Bonchev–Trinajstić information content (AvgIpc) is 3.70. The number of aromatic amines is 1. The van der Waals surface area contributed by atoms with E-state index in [1.54, 1.807) is 66.9 Å². The summed E-state index contributed by atoms with van der Waals surface area (Å²) in [6.07, 6.45) is 1.04. The molecule has 4 aromatic rings. The Hall–Kier alpha value is -5.93. The molecular formula is C45H57N9O9S2. The fourth-order valence-corrected chi connectivity index (χ4v) is 9.39. The molecule has 1 fully saturated rings. The van der Waals surface area contributed by atoms with E-state index in [1.165, 1.54) is 6.92 Å². The van der Waals surface area contributed by atoms with Crippen LogP contribution < -0.4 is 43.4 Å². The van der Waals surface area contributed by atoms with Gasteiger partial charge in [0.25, 0.3) is 0 Å². The summed E-state index contributed by atoms with van der Waals surface area (Å²) in [4.78, 5) is 100. The number of aliphatic carboxylic acids is 1. The maximum atomic E-state index is 14.6. The second-order valence-electron chi connectivity index (χ2n) is 15.8. The number of unbranched alkanes of at least 4 members (excludes halogenated alkanes) is 1. The molecule has 0 spiro atoms. The van der Waals surface area contributed by atoms with Crippen LogP contribution in [0.15, 0.2) is 91.1 Å². The van der Waals surface area contributed by atoms with Gasteiger partial charge in [0, 0.05) is 47.9 Å². The van der Waals surface area contributed by atoms with Gasteiger partial charge in [-0.05, 0) is 55.5 Å². The Morgan fingerprint density at radius 3 is 1.72 bits per heavy atom. The van der Waals surface area contributed by atoms with Crippen molar-refractivity contribution < 1.29 is 43.8 Å². The third kappa shape index (κ3) is 15.1. The zero-order chi connectivity index (χ0) is 46.9. The highest BCUT2D eigenvalue weighted by Crippen LogP contribution is 2.23. The first-order valence-electron chi connectivity index (χ1n) is 21.3. The zero-order valence-electron chi connectivity index (χ0n) is 35.9. The molecule has 13 N–H and O–H groups in total. The van der Waals surface area contributed by atoms with E-state index < -0.39 is 89.8 Å². The Bertz CT molecular complexity index is 2250. The predicted octanol–water partition coefficient (Wildman–Crippen LogP) is 0.421. The second-order valence-corrected chi connectivity index (χ2v) is 18.3. The molecule has 1 saturated heterocycles. The maximum Gasteiger partial charge on any atom is 0.327 e. The van der Waals surface area contributed by atoms with Gasteiger partial charge in [-0.2, -0.15) is 0 Å². The Balaban J connectivity index is 1.55. The Morgan fingerprint density at radius 2 is 1.15 bits per heavy atom. The van der Waals surface area contributed by atoms with Gasteiger partial charge in [0.05, 0.1) is 12.1 Å². The van der Waals surface area contributed by atoms with Crippen LogP contribution in [0, 0.1) is 0 Å². The standard InChI is InChI=1S/C45H57N9O9S2/c1-26(55)38-44(61)53-37(45(62)63)25-65-64-24-31(47)39(56)50-34(20-27-12-4-2-5-13-27)41(58)51-35(21-28-14-6-3-7-15-28)42(59)52-36(22-29-23-48-32-17-9-8-16-30(29)32)43(60)49-33(40(57)54-38)18-10-11-19-46/h2-9,12-17,23,26,31,33-38,48,55H,10-11,18-22,24-25,46-47H2,1H3,(H,49,60)(H,50,56)(H,51,58)(H,52,59)(H,53,61)(H,54,57)(H,62,63). The van der Waals surface area contributed by atoms with E-state index in [4.69, 9.17) is 11.5 Å². The minimum Gasteiger partial charge on any atom is -0.480 e. The minimum atomic E-state index is -1.64. The lowest BCUT2D eigenvalue weighted by Gasteiger charge is -2.28. The van der Waals surface area contributed by atoms with Gasteiger partial charge >= 0.3 is 5.97 Å². The second kappa shape index (κ2) is 24.9. The zero-order valence-corrected chi connectivity index (χ0v) is 37.5. The first kappa shape index (κ1) is 50.1. The first-order chi connectivity index (χ1) is 31.2. The number of aliphatic hydroxyl groups is 1. The summed E-state index contributed by atoms with van der Waals surface area (Å²) in [5.74, 6) is -6.37. The largest absolute Gasteiger partial charge is 0.480 e. The number of aliphatic hydroxyl groups excluding tert-OH is 1. The highest BCUT2D eigenvalue weighted by Gasteiger charge is 2.35. The predicted molar refractivity (Wildman–Crippen MR) is 249 cm³/mol. The van der Waals surface area contributed by atoms with Crippen LogP contribution in [0.4, 0.5) is 0 Å². The highest BCUT2D eigenvalue weighted by atomic mass is 33.1. The summed E-state index contributed by atoms with van der Waals surface area (Å²) in [5.41, 5.74) is 14.8. The van der Waals surface area contributed by atoms with E-state index in [0.29, 0.717) is 29.5 Å². The molecule has 2 heterocycles. The van der Waals surface area contributed by atoms with E-state index in [1.807, 2.05) is 24.3 Å². The molecule has 20 heteroatoms. The van der Waals surface area contributed by atoms with E-state index in [9.17, 15) is 43.8 Å². The molecule has 18 nitrogen and oxygen atoms in total. The monoisotopic (exact) mass is 931 g/mol. The SMILES string of the molecule is CC(O)C1NC(=O)C(CCCCN)NC(=O)C(Cc2c[nH]c3ccccc23)NC(=O)C(Cc2ccccc2)NC(=O)C(Cc2ccccc2)NC(=O)C(N)CSSCC(C(=O)O)NC1=O. The molecule has 348 valence electrons. The van der Waals surface area contributed by atoms with Crippen LogP contribution in [0.2, 0.25) is 0 Å². The number of carboxylic acid groups (broad SMARTS) is 1. The van der Waals surface area contributed by atoms with Crippen LogP contribution in [0.1, 0.15) is 42.9 Å². The molecule has 0 bridgehead atoms. The van der Waals surface area contributed by atoms with Crippen molar-refractivity contribution in [2.24, 2.45) is 11.5 Å². The lowest BCUT2D eigenvalue weighted by atomic mass is 10.00. The lowest BCUT2D eigenvalue weighted by molar-refractivity contribution is -0.142. The summed E-state index contributed by atoms with van der Waals surface area (Å²) in [6.45, 7) is 1.53. The first-order valence-corrected chi connectivity index (χ1v) is 23.8.